The number of amides is 8. The van der Waals surface area contributed by atoms with E-state index in [0.717, 1.165) is 25.2 Å². The Bertz CT molecular complexity index is 3480. The van der Waals surface area contributed by atoms with Crippen molar-refractivity contribution in [1.29, 1.82) is 0 Å². The molecule has 366 valence electrons. The lowest BCUT2D eigenvalue weighted by Crippen LogP contribution is -2.55. The summed E-state index contributed by atoms with van der Waals surface area (Å²) in [5.41, 5.74) is 1.85. The van der Waals surface area contributed by atoms with Crippen LogP contribution in [0.2, 0.25) is 0 Å². The molecule has 2 unspecified atom stereocenters. The second-order valence-corrected chi connectivity index (χ2v) is 20.0. The third-order valence-electron chi connectivity index (χ3n) is 14.9. The van der Waals surface area contributed by atoms with E-state index in [1.807, 2.05) is 38.1 Å². The molecule has 0 spiro atoms. The molecule has 8 amide bonds. The summed E-state index contributed by atoms with van der Waals surface area (Å²) >= 11 is 0. The van der Waals surface area contributed by atoms with Crippen molar-refractivity contribution >= 4 is 58.7 Å². The normalized spacial score (nSPS) is 16.1. The van der Waals surface area contributed by atoms with Crippen LogP contribution in [0, 0.1) is 12.8 Å². The highest BCUT2D eigenvalue weighted by molar-refractivity contribution is 6.35. The second-order valence-electron chi connectivity index (χ2n) is 20.0. The van der Waals surface area contributed by atoms with E-state index in [1.54, 1.807) is 95.3 Å². The maximum Gasteiger partial charge on any atom is 0.266 e. The smallest absolute Gasteiger partial charge is 0.266 e. The first-order valence-corrected chi connectivity index (χ1v) is 23.7. The highest BCUT2D eigenvalue weighted by atomic mass is 16.5. The lowest BCUT2D eigenvalue weighted by atomic mass is 9.87. The van der Waals surface area contributed by atoms with Gasteiger partial charge in [-0.3, -0.25) is 57.9 Å². The number of benzene rings is 6. The van der Waals surface area contributed by atoms with Crippen molar-refractivity contribution in [2.45, 2.75) is 65.6 Å². The minimum atomic E-state index is -1.13. The van der Waals surface area contributed by atoms with Crippen molar-refractivity contribution in [2.75, 3.05) is 18.6 Å². The Morgan fingerprint density at radius 1 is 0.507 bits per heavy atom. The van der Waals surface area contributed by atoms with Crippen LogP contribution in [0.25, 0.3) is 11.1 Å². The predicted octanol–water partition coefficient (Wildman–Crippen LogP) is 9.20. The van der Waals surface area contributed by atoms with E-state index >= 15 is 0 Å². The number of ketones is 1. The molecule has 4 heterocycles. The topological polar surface area (TPSA) is 185 Å². The van der Waals surface area contributed by atoms with Crippen LogP contribution in [0.15, 0.2) is 121 Å². The summed E-state index contributed by atoms with van der Waals surface area (Å²) in [7, 11) is 1.36. The monoisotopic (exact) mass is 976 g/mol. The largest absolute Gasteiger partial charge is 0.457 e. The van der Waals surface area contributed by atoms with E-state index in [0.29, 0.717) is 28.3 Å². The molecule has 0 saturated carbocycles. The van der Waals surface area contributed by atoms with Crippen molar-refractivity contribution in [3.63, 3.8) is 0 Å². The average molecular weight is 977 g/mol. The van der Waals surface area contributed by atoms with Gasteiger partial charge in [0, 0.05) is 24.1 Å². The summed E-state index contributed by atoms with van der Waals surface area (Å²) in [6, 6.07) is 31.7. The average Bonchev–Trinajstić information content (AvgIpc) is 3.98. The third kappa shape index (κ3) is 7.74. The molecule has 0 radical (unpaired) electrons. The predicted molar refractivity (Wildman–Crippen MR) is 267 cm³/mol. The second kappa shape index (κ2) is 17.3. The first-order chi connectivity index (χ1) is 34.6. The zero-order chi connectivity index (χ0) is 52.2. The molecule has 10 rings (SSSR count). The minimum absolute atomic E-state index is 0.00820. The first-order valence-electron chi connectivity index (χ1n) is 23.7. The van der Waals surface area contributed by atoms with Gasteiger partial charge in [0.15, 0.2) is 5.78 Å². The van der Waals surface area contributed by atoms with Crippen LogP contribution in [0.1, 0.15) is 146 Å². The van der Waals surface area contributed by atoms with Crippen LogP contribution >= 0.6 is 0 Å². The van der Waals surface area contributed by atoms with E-state index < -0.39 is 76.1 Å². The lowest BCUT2D eigenvalue weighted by molar-refractivity contribution is -0.0842. The van der Waals surface area contributed by atoms with Crippen molar-refractivity contribution in [3.05, 3.63) is 183 Å². The standard InChI is InChI=1S/C58H48N4O11/c1-30-9-17-38(18-10-30)73-39-19-15-37(16-20-39)61-52(67)42-22-12-34(26-46(42)54(61)69)33-11-21-41-45(25-33)53(68)60(51(41)66)32(3)58(6,7)72-29-31(2)57(4,5)62-55(70)43-24-14-36(28-47(43)56(62)71)48(63)35-13-23-40-44(27-35)50(65)59(8)49(40)64/h9-28,31-32H,29H2,1-8H3. The van der Waals surface area contributed by atoms with Gasteiger partial charge in [0.2, 0.25) is 0 Å². The van der Waals surface area contributed by atoms with Crippen LogP contribution in [0.4, 0.5) is 5.69 Å². The Balaban J connectivity index is 0.796. The number of imide groups is 4. The summed E-state index contributed by atoms with van der Waals surface area (Å²) in [6.07, 6.45) is 0. The van der Waals surface area contributed by atoms with Crippen molar-refractivity contribution in [2.24, 2.45) is 5.92 Å². The Morgan fingerprint density at radius 2 is 0.932 bits per heavy atom. The van der Waals surface area contributed by atoms with Gasteiger partial charge in [-0.05, 0) is 138 Å². The quantitative estimate of drug-likeness (QED) is 0.0794. The number of nitrogens with zero attached hydrogens (tertiary/aromatic N) is 4. The molecule has 0 fully saturated rings. The number of aryl methyl sites for hydroxylation is 1. The minimum Gasteiger partial charge on any atom is -0.457 e. The molecule has 0 aliphatic carbocycles. The van der Waals surface area contributed by atoms with Gasteiger partial charge >= 0.3 is 0 Å². The summed E-state index contributed by atoms with van der Waals surface area (Å²) in [5.74, 6) is -3.97. The van der Waals surface area contributed by atoms with Gasteiger partial charge in [-0.25, -0.2) is 4.90 Å². The zero-order valence-electron chi connectivity index (χ0n) is 41.2. The van der Waals surface area contributed by atoms with E-state index in [-0.39, 0.29) is 62.2 Å². The molecule has 0 N–H and O–H groups in total. The van der Waals surface area contributed by atoms with Gasteiger partial charge in [-0.2, -0.15) is 0 Å². The molecule has 6 aromatic carbocycles. The fourth-order valence-electron chi connectivity index (χ4n) is 9.62. The summed E-state index contributed by atoms with van der Waals surface area (Å²) < 4.78 is 12.4. The molecule has 6 aromatic rings. The van der Waals surface area contributed by atoms with Crippen LogP contribution in [-0.2, 0) is 4.74 Å². The van der Waals surface area contributed by atoms with Gasteiger partial charge < -0.3 is 9.47 Å². The highest BCUT2D eigenvalue weighted by Gasteiger charge is 2.49. The van der Waals surface area contributed by atoms with Gasteiger partial charge in [0.25, 0.3) is 47.3 Å². The molecular weight excluding hydrogens is 929 g/mol. The van der Waals surface area contributed by atoms with Crippen LogP contribution in [-0.4, -0.2) is 98.6 Å². The van der Waals surface area contributed by atoms with Gasteiger partial charge in [-0.1, -0.05) is 48.9 Å². The van der Waals surface area contributed by atoms with Gasteiger partial charge in [0.05, 0.1) is 74.0 Å². The first kappa shape index (κ1) is 48.0. The molecule has 73 heavy (non-hydrogen) atoms. The molecule has 0 aromatic heterocycles. The molecule has 2 atom stereocenters. The Labute approximate surface area is 419 Å². The molecule has 0 bridgehead atoms. The van der Waals surface area contributed by atoms with Crippen LogP contribution in [0.3, 0.4) is 0 Å². The number of anilines is 1. The van der Waals surface area contributed by atoms with Crippen molar-refractivity contribution in [3.8, 4) is 22.6 Å². The van der Waals surface area contributed by atoms with E-state index in [4.69, 9.17) is 9.47 Å². The van der Waals surface area contributed by atoms with E-state index in [2.05, 4.69) is 0 Å². The van der Waals surface area contributed by atoms with Gasteiger partial charge in [-0.15, -0.1) is 0 Å². The van der Waals surface area contributed by atoms with Gasteiger partial charge in [0.1, 0.15) is 11.5 Å². The number of fused-ring (bicyclic) bond motifs is 4. The maximum atomic E-state index is 14.2. The number of carbonyl (C=O) groups excluding carboxylic acids is 9. The Hall–Kier alpha value is -8.69. The number of ether oxygens (including phenoxy) is 2. The molecule has 4 aliphatic rings. The third-order valence-corrected chi connectivity index (χ3v) is 14.9. The van der Waals surface area contributed by atoms with Crippen LogP contribution < -0.4 is 9.64 Å². The molecular formula is C58H48N4O11. The summed E-state index contributed by atoms with van der Waals surface area (Å²) in [6.45, 7) is 12.5. The van der Waals surface area contributed by atoms with Crippen molar-refractivity contribution < 1.29 is 52.6 Å². The number of hydrogen-bond donors (Lipinski definition) is 0. The molecule has 15 heteroatoms. The highest BCUT2D eigenvalue weighted by Crippen LogP contribution is 2.39. The fraction of sp³-hybridized carbons (Fsp3) is 0.224. The Kier molecular flexibility index (Phi) is 11.3. The molecule has 4 aliphatic heterocycles. The molecule has 15 nitrogen and oxygen atoms in total. The number of carbonyl (C=O) groups is 9. The maximum absolute atomic E-state index is 14.2. The fourth-order valence-corrected chi connectivity index (χ4v) is 9.62. The SMILES string of the molecule is Cc1ccc(Oc2ccc(N3C(=O)c4ccc(-c5ccc6c(c5)C(=O)N(C(C)C(C)(C)OCC(C)C(C)(C)N5C(=O)c7ccc(C(=O)c8ccc9c(c8)C(=O)N(C)C9=O)cc7C5=O)C6=O)cc4C3=O)cc2)cc1. The number of rotatable bonds is 13. The summed E-state index contributed by atoms with van der Waals surface area (Å²) in [4.78, 5) is 127. The van der Waals surface area contributed by atoms with E-state index in [1.165, 1.54) is 43.4 Å². The van der Waals surface area contributed by atoms with E-state index in [9.17, 15) is 43.2 Å². The Morgan fingerprint density at radius 3 is 1.52 bits per heavy atom. The van der Waals surface area contributed by atoms with Crippen LogP contribution in [0.5, 0.6) is 11.5 Å². The summed E-state index contributed by atoms with van der Waals surface area (Å²) in [5, 5.41) is 0. The lowest BCUT2D eigenvalue weighted by Gasteiger charge is -2.42. The number of hydrogen-bond acceptors (Lipinski definition) is 11. The zero-order valence-corrected chi connectivity index (χ0v) is 41.2. The van der Waals surface area contributed by atoms with Crippen molar-refractivity contribution in [1.82, 2.24) is 14.7 Å². The molecule has 0 saturated heterocycles.